The first-order valence-corrected chi connectivity index (χ1v) is 10.6. The fourth-order valence-electron chi connectivity index (χ4n) is 3.19. The molecule has 0 aliphatic heterocycles. The number of rotatable bonds is 9. The second-order valence-corrected chi connectivity index (χ2v) is 8.45. The molecular weight excluding hydrogens is 360 g/mol. The lowest BCUT2D eigenvalue weighted by molar-refractivity contribution is 0.175. The number of ether oxygens (including phenoxy) is 1. The van der Waals surface area contributed by atoms with Gasteiger partial charge >= 0.3 is 0 Å². The molecule has 0 radical (unpaired) electrons. The third-order valence-electron chi connectivity index (χ3n) is 4.58. The Morgan fingerprint density at radius 3 is 2.52 bits per heavy atom. The summed E-state index contributed by atoms with van der Waals surface area (Å²) in [4.78, 5) is 0.317. The van der Waals surface area contributed by atoms with Crippen LogP contribution in [0.15, 0.2) is 59.5 Å². The third-order valence-corrected chi connectivity index (χ3v) is 6.36. The molecule has 0 atom stereocenters. The van der Waals surface area contributed by atoms with Gasteiger partial charge in [-0.25, -0.2) is 12.4 Å². The van der Waals surface area contributed by atoms with Crippen LogP contribution in [0, 0.1) is 6.92 Å². The molecule has 0 aliphatic carbocycles. The summed E-state index contributed by atoms with van der Waals surface area (Å²) in [6, 6.07) is 16.6. The van der Waals surface area contributed by atoms with E-state index in [1.165, 1.54) is 3.97 Å². The van der Waals surface area contributed by atoms with E-state index in [2.05, 4.69) is 5.32 Å². The standard InChI is InChI=1S/C21H26N2O3S/c1-17-10-12-20(13-11-17)27(24,25)23-19(8-5-6-14-22-16-26-2)15-18-7-3-4-9-21(18)23/h3-4,7,9-13,15,22H,5-6,8,14,16H2,1-2H3. The van der Waals surface area contributed by atoms with Gasteiger partial charge in [-0.05, 0) is 57.0 Å². The third kappa shape index (κ3) is 4.40. The number of hydrogen-bond donors (Lipinski definition) is 1. The quantitative estimate of drug-likeness (QED) is 0.450. The monoisotopic (exact) mass is 386 g/mol. The Balaban J connectivity index is 1.92. The molecule has 5 nitrogen and oxygen atoms in total. The highest BCUT2D eigenvalue weighted by molar-refractivity contribution is 7.90. The van der Waals surface area contributed by atoms with Crippen LogP contribution in [0.4, 0.5) is 0 Å². The number of nitrogens with zero attached hydrogens (tertiary/aromatic N) is 1. The van der Waals surface area contributed by atoms with Gasteiger partial charge in [-0.15, -0.1) is 0 Å². The zero-order valence-electron chi connectivity index (χ0n) is 15.8. The first kappa shape index (κ1) is 19.6. The fourth-order valence-corrected chi connectivity index (χ4v) is 4.76. The predicted molar refractivity (Wildman–Crippen MR) is 109 cm³/mol. The maximum Gasteiger partial charge on any atom is 0.268 e. The van der Waals surface area contributed by atoms with Crippen LogP contribution >= 0.6 is 0 Å². The van der Waals surface area contributed by atoms with Crippen molar-refractivity contribution in [2.24, 2.45) is 0 Å². The molecule has 27 heavy (non-hydrogen) atoms. The number of aromatic nitrogens is 1. The van der Waals surface area contributed by atoms with E-state index in [0.717, 1.165) is 41.5 Å². The Morgan fingerprint density at radius 2 is 1.78 bits per heavy atom. The molecule has 1 heterocycles. The van der Waals surface area contributed by atoms with Crippen LogP contribution in [-0.4, -0.2) is 32.8 Å². The summed E-state index contributed by atoms with van der Waals surface area (Å²) in [5.74, 6) is 0. The lowest BCUT2D eigenvalue weighted by atomic mass is 10.2. The molecule has 0 amide bonds. The van der Waals surface area contributed by atoms with Gasteiger partial charge in [0.25, 0.3) is 10.0 Å². The van der Waals surface area contributed by atoms with Gasteiger partial charge in [0.05, 0.1) is 17.1 Å². The van der Waals surface area contributed by atoms with Gasteiger partial charge in [-0.3, -0.25) is 5.32 Å². The van der Waals surface area contributed by atoms with Crippen molar-refractivity contribution in [3.63, 3.8) is 0 Å². The molecule has 0 aliphatic rings. The molecule has 0 unspecified atom stereocenters. The zero-order chi connectivity index (χ0) is 19.3. The molecule has 2 aromatic carbocycles. The molecule has 3 aromatic rings. The topological polar surface area (TPSA) is 60.3 Å². The Morgan fingerprint density at radius 1 is 1.04 bits per heavy atom. The minimum atomic E-state index is -3.64. The number of unbranched alkanes of at least 4 members (excludes halogenated alkanes) is 1. The minimum Gasteiger partial charge on any atom is -0.370 e. The van der Waals surface area contributed by atoms with Crippen molar-refractivity contribution in [3.05, 3.63) is 65.9 Å². The maximum absolute atomic E-state index is 13.3. The van der Waals surface area contributed by atoms with E-state index in [0.29, 0.717) is 18.0 Å². The van der Waals surface area contributed by atoms with Crippen molar-refractivity contribution >= 4 is 20.9 Å². The first-order valence-electron chi connectivity index (χ1n) is 9.15. The first-order chi connectivity index (χ1) is 13.0. The summed E-state index contributed by atoms with van der Waals surface area (Å²) < 4.78 is 33.2. The van der Waals surface area contributed by atoms with Crippen molar-refractivity contribution in [1.29, 1.82) is 0 Å². The lowest BCUT2D eigenvalue weighted by Crippen LogP contribution is -2.18. The molecule has 1 N–H and O–H groups in total. The smallest absolute Gasteiger partial charge is 0.268 e. The predicted octanol–water partition coefficient (Wildman–Crippen LogP) is 3.70. The van der Waals surface area contributed by atoms with Crippen LogP contribution < -0.4 is 5.32 Å². The highest BCUT2D eigenvalue weighted by Crippen LogP contribution is 2.27. The van der Waals surface area contributed by atoms with Crippen LogP contribution in [0.5, 0.6) is 0 Å². The number of methoxy groups -OCH3 is 1. The summed E-state index contributed by atoms with van der Waals surface area (Å²) in [6.45, 7) is 3.32. The van der Waals surface area contributed by atoms with Gasteiger partial charge in [0.1, 0.15) is 0 Å². The van der Waals surface area contributed by atoms with Crippen LogP contribution in [0.1, 0.15) is 24.1 Å². The summed E-state index contributed by atoms with van der Waals surface area (Å²) >= 11 is 0. The van der Waals surface area contributed by atoms with Gasteiger partial charge < -0.3 is 4.74 Å². The second-order valence-electron chi connectivity index (χ2n) is 6.67. The number of nitrogens with one attached hydrogen (secondary N) is 1. The molecule has 0 spiro atoms. The lowest BCUT2D eigenvalue weighted by Gasteiger charge is -2.12. The SMILES string of the molecule is COCNCCCCc1cc2ccccc2n1S(=O)(=O)c1ccc(C)cc1. The molecule has 3 rings (SSSR count). The Labute approximate surface area is 161 Å². The van der Waals surface area contributed by atoms with E-state index in [9.17, 15) is 8.42 Å². The molecule has 0 saturated carbocycles. The van der Waals surface area contributed by atoms with E-state index in [1.807, 2.05) is 49.4 Å². The molecule has 1 aromatic heterocycles. The average Bonchev–Trinajstić information content (AvgIpc) is 3.04. The van der Waals surface area contributed by atoms with Gasteiger partial charge in [-0.1, -0.05) is 35.9 Å². The largest absolute Gasteiger partial charge is 0.370 e. The summed E-state index contributed by atoms with van der Waals surface area (Å²) in [5.41, 5.74) is 2.59. The Kier molecular flexibility index (Phi) is 6.31. The van der Waals surface area contributed by atoms with E-state index in [1.54, 1.807) is 19.2 Å². The van der Waals surface area contributed by atoms with Gasteiger partial charge in [0.2, 0.25) is 0 Å². The number of fused-ring (bicyclic) bond motifs is 1. The highest BCUT2D eigenvalue weighted by atomic mass is 32.2. The van der Waals surface area contributed by atoms with Gasteiger partial charge in [0, 0.05) is 18.2 Å². The van der Waals surface area contributed by atoms with Crippen molar-refractivity contribution in [1.82, 2.24) is 9.29 Å². The average molecular weight is 387 g/mol. The highest BCUT2D eigenvalue weighted by Gasteiger charge is 2.22. The van der Waals surface area contributed by atoms with Crippen LogP contribution in [0.2, 0.25) is 0 Å². The summed E-state index contributed by atoms with van der Waals surface area (Å²) in [6.07, 6.45) is 2.56. The molecule has 144 valence electrons. The number of hydrogen-bond acceptors (Lipinski definition) is 4. The molecular formula is C21H26N2O3S. The normalized spacial score (nSPS) is 11.9. The van der Waals surface area contributed by atoms with E-state index >= 15 is 0 Å². The minimum absolute atomic E-state index is 0.317. The van der Waals surface area contributed by atoms with E-state index < -0.39 is 10.0 Å². The molecule has 0 fully saturated rings. The zero-order valence-corrected chi connectivity index (χ0v) is 16.6. The van der Waals surface area contributed by atoms with Crippen molar-refractivity contribution in [3.8, 4) is 0 Å². The summed E-state index contributed by atoms with van der Waals surface area (Å²) in [5, 5.41) is 4.12. The van der Waals surface area contributed by atoms with Crippen LogP contribution in [0.3, 0.4) is 0 Å². The number of aryl methyl sites for hydroxylation is 2. The molecule has 6 heteroatoms. The van der Waals surface area contributed by atoms with E-state index in [-0.39, 0.29) is 0 Å². The Bertz CT molecular complexity index is 992. The van der Waals surface area contributed by atoms with Gasteiger partial charge in [-0.2, -0.15) is 0 Å². The summed E-state index contributed by atoms with van der Waals surface area (Å²) in [7, 11) is -1.99. The number of para-hydroxylation sites is 1. The Hall–Kier alpha value is -2.15. The molecule has 0 saturated heterocycles. The van der Waals surface area contributed by atoms with Gasteiger partial charge in [0.15, 0.2) is 0 Å². The van der Waals surface area contributed by atoms with Crippen molar-refractivity contribution < 1.29 is 13.2 Å². The van der Waals surface area contributed by atoms with Crippen LogP contribution in [0.25, 0.3) is 10.9 Å². The van der Waals surface area contributed by atoms with Crippen molar-refractivity contribution in [2.45, 2.75) is 31.1 Å². The van der Waals surface area contributed by atoms with Crippen molar-refractivity contribution in [2.75, 3.05) is 20.4 Å². The maximum atomic E-state index is 13.3. The fraction of sp³-hybridized carbons (Fsp3) is 0.333. The second kappa shape index (κ2) is 8.69. The molecule has 0 bridgehead atoms. The van der Waals surface area contributed by atoms with Crippen LogP contribution in [-0.2, 0) is 21.2 Å². The van der Waals surface area contributed by atoms with E-state index in [4.69, 9.17) is 4.74 Å². The number of benzene rings is 2.